The molecule has 3 aromatic heterocycles. The molecular weight excluding hydrogens is 342 g/mol. The van der Waals surface area contributed by atoms with E-state index in [9.17, 15) is 4.79 Å². The maximum Gasteiger partial charge on any atom is 0.235 e. The van der Waals surface area contributed by atoms with Crippen LogP contribution in [0.4, 0.5) is 5.82 Å². The van der Waals surface area contributed by atoms with Crippen molar-refractivity contribution in [2.75, 3.05) is 11.1 Å². The number of nitrogens with one attached hydrogen (secondary N) is 1. The van der Waals surface area contributed by atoms with Crippen molar-refractivity contribution in [2.24, 2.45) is 7.05 Å². The predicted molar refractivity (Wildman–Crippen MR) is 89.0 cm³/mol. The average Bonchev–Trinajstić information content (AvgIpc) is 3.04. The fraction of sp³-hybridized carbons (Fsp3) is 0.308. The molecule has 1 amide bonds. The Kier molecular flexibility index (Phi) is 3.21. The van der Waals surface area contributed by atoms with Gasteiger partial charge in [-0.25, -0.2) is 4.98 Å². The molecule has 0 bridgehead atoms. The second kappa shape index (κ2) is 5.00. The minimum Gasteiger partial charge on any atom is -0.310 e. The predicted octanol–water partition coefficient (Wildman–Crippen LogP) is 2.87. The van der Waals surface area contributed by atoms with Gasteiger partial charge in [0.1, 0.15) is 5.82 Å². The van der Waals surface area contributed by atoms with Crippen molar-refractivity contribution in [2.45, 2.75) is 12.2 Å². The molecule has 0 unspecified atom stereocenters. The molecule has 4 rings (SSSR count). The lowest BCUT2D eigenvalue weighted by atomic mass is 10.1. The lowest BCUT2D eigenvalue weighted by Crippen LogP contribution is -2.15. The largest absolute Gasteiger partial charge is 0.310 e. The van der Waals surface area contributed by atoms with Crippen LogP contribution in [0.5, 0.6) is 0 Å². The number of amides is 1. The molecule has 6 nitrogen and oxygen atoms in total. The standard InChI is InChI=1S/C13H12ClN5OS2/c1-6-8-10(9-11(14)16-13-19(9)3-4-21-13)22-5-7(20)15-12(8)18(2)17-6/h3-4,10H,5H2,1-2H3,(H,15,20)/t10-/m0/s1. The number of aryl methyl sites for hydroxylation is 2. The zero-order chi connectivity index (χ0) is 15.4. The first kappa shape index (κ1) is 14.1. The number of hydrogen-bond acceptors (Lipinski definition) is 5. The van der Waals surface area contributed by atoms with Gasteiger partial charge in [0.25, 0.3) is 0 Å². The summed E-state index contributed by atoms with van der Waals surface area (Å²) in [5.74, 6) is 1.07. The number of imidazole rings is 1. The first-order valence-corrected chi connectivity index (χ1v) is 8.92. The lowest BCUT2D eigenvalue weighted by molar-refractivity contribution is -0.113. The minimum absolute atomic E-state index is 0.0287. The van der Waals surface area contributed by atoms with Crippen LogP contribution in [-0.4, -0.2) is 30.8 Å². The molecule has 1 N–H and O–H groups in total. The summed E-state index contributed by atoms with van der Waals surface area (Å²) in [7, 11) is 1.83. The van der Waals surface area contributed by atoms with Crippen molar-refractivity contribution in [3.63, 3.8) is 0 Å². The van der Waals surface area contributed by atoms with E-state index in [1.807, 2.05) is 29.9 Å². The van der Waals surface area contributed by atoms with Gasteiger partial charge in [-0.3, -0.25) is 13.9 Å². The summed E-state index contributed by atoms with van der Waals surface area (Å²) >= 11 is 9.47. The Hall–Kier alpha value is -1.51. The monoisotopic (exact) mass is 353 g/mol. The highest BCUT2D eigenvalue weighted by molar-refractivity contribution is 8.00. The SMILES string of the molecule is Cc1nn(C)c2c1[C@@H](c1c(Cl)nc3sccn13)SCC(=O)N2. The van der Waals surface area contributed by atoms with Gasteiger partial charge in [0.05, 0.1) is 22.4 Å². The van der Waals surface area contributed by atoms with E-state index in [0.29, 0.717) is 10.9 Å². The Morgan fingerprint density at radius 1 is 1.50 bits per heavy atom. The van der Waals surface area contributed by atoms with Gasteiger partial charge in [-0.15, -0.1) is 23.1 Å². The van der Waals surface area contributed by atoms with Crippen LogP contribution in [-0.2, 0) is 11.8 Å². The van der Waals surface area contributed by atoms with Crippen molar-refractivity contribution in [3.05, 3.63) is 33.7 Å². The molecule has 1 atom stereocenters. The van der Waals surface area contributed by atoms with Gasteiger partial charge in [0.15, 0.2) is 10.1 Å². The van der Waals surface area contributed by atoms with E-state index in [4.69, 9.17) is 11.6 Å². The summed E-state index contributed by atoms with van der Waals surface area (Å²) in [6.07, 6.45) is 1.96. The van der Waals surface area contributed by atoms with Crippen LogP contribution < -0.4 is 5.32 Å². The molecule has 22 heavy (non-hydrogen) atoms. The van der Waals surface area contributed by atoms with Crippen molar-refractivity contribution < 1.29 is 4.79 Å². The molecule has 0 aromatic carbocycles. The summed E-state index contributed by atoms with van der Waals surface area (Å²) in [5.41, 5.74) is 2.78. The summed E-state index contributed by atoms with van der Waals surface area (Å²) in [5, 5.41) is 9.75. The van der Waals surface area contributed by atoms with Gasteiger partial charge in [0, 0.05) is 24.2 Å². The molecule has 9 heteroatoms. The topological polar surface area (TPSA) is 64.2 Å². The van der Waals surface area contributed by atoms with Crippen molar-refractivity contribution in [1.29, 1.82) is 0 Å². The normalized spacial score (nSPS) is 18.3. The van der Waals surface area contributed by atoms with E-state index in [-0.39, 0.29) is 11.2 Å². The fourth-order valence-corrected chi connectivity index (χ4v) is 5.11. The Balaban J connectivity index is 1.97. The van der Waals surface area contributed by atoms with Gasteiger partial charge in [-0.05, 0) is 6.92 Å². The van der Waals surface area contributed by atoms with E-state index in [1.165, 1.54) is 11.3 Å². The number of thiazole rings is 1. The molecule has 0 radical (unpaired) electrons. The quantitative estimate of drug-likeness (QED) is 0.730. The smallest absolute Gasteiger partial charge is 0.235 e. The second-order valence-corrected chi connectivity index (χ2v) is 7.38. The first-order chi connectivity index (χ1) is 10.6. The molecule has 114 valence electrons. The molecule has 0 saturated heterocycles. The van der Waals surface area contributed by atoms with Gasteiger partial charge in [0.2, 0.25) is 5.91 Å². The van der Waals surface area contributed by atoms with Crippen molar-refractivity contribution in [1.82, 2.24) is 19.2 Å². The Labute approximate surface area is 139 Å². The number of halogens is 1. The number of carbonyl (C=O) groups is 1. The molecular formula is C13H12ClN5OS2. The van der Waals surface area contributed by atoms with Crippen LogP contribution in [0.2, 0.25) is 5.15 Å². The van der Waals surface area contributed by atoms with E-state index >= 15 is 0 Å². The number of aromatic nitrogens is 4. The summed E-state index contributed by atoms with van der Waals surface area (Å²) in [4.78, 5) is 17.3. The van der Waals surface area contributed by atoms with E-state index in [1.54, 1.807) is 16.4 Å². The van der Waals surface area contributed by atoms with E-state index in [2.05, 4.69) is 15.4 Å². The molecule has 0 saturated carbocycles. The minimum atomic E-state index is -0.0836. The van der Waals surface area contributed by atoms with Crippen molar-refractivity contribution in [3.8, 4) is 0 Å². The highest BCUT2D eigenvalue weighted by Crippen LogP contribution is 2.45. The highest BCUT2D eigenvalue weighted by Gasteiger charge is 2.33. The third-order valence-electron chi connectivity index (χ3n) is 3.67. The number of thioether (sulfide) groups is 1. The van der Waals surface area contributed by atoms with Crippen LogP contribution in [0.15, 0.2) is 11.6 Å². The average molecular weight is 354 g/mol. The zero-order valence-electron chi connectivity index (χ0n) is 11.8. The van der Waals surface area contributed by atoms with E-state index in [0.717, 1.165) is 27.7 Å². The summed E-state index contributed by atoms with van der Waals surface area (Å²) < 4.78 is 3.71. The van der Waals surface area contributed by atoms with Crippen LogP contribution in [0.1, 0.15) is 22.2 Å². The van der Waals surface area contributed by atoms with Gasteiger partial charge >= 0.3 is 0 Å². The number of nitrogens with zero attached hydrogens (tertiary/aromatic N) is 4. The van der Waals surface area contributed by atoms with Crippen LogP contribution in [0.3, 0.4) is 0 Å². The molecule has 0 fully saturated rings. The van der Waals surface area contributed by atoms with Gasteiger partial charge in [-0.2, -0.15) is 5.10 Å². The third kappa shape index (κ3) is 1.98. The van der Waals surface area contributed by atoms with Crippen LogP contribution in [0, 0.1) is 6.92 Å². The van der Waals surface area contributed by atoms with Crippen LogP contribution in [0.25, 0.3) is 4.96 Å². The molecule has 0 aliphatic carbocycles. The van der Waals surface area contributed by atoms with E-state index < -0.39 is 0 Å². The number of hydrogen-bond donors (Lipinski definition) is 1. The summed E-state index contributed by atoms with van der Waals surface area (Å²) in [6, 6.07) is 0. The van der Waals surface area contributed by atoms with Crippen LogP contribution >= 0.6 is 34.7 Å². The third-order valence-corrected chi connectivity index (χ3v) is 5.93. The maximum atomic E-state index is 12.0. The summed E-state index contributed by atoms with van der Waals surface area (Å²) in [6.45, 7) is 1.95. The number of anilines is 1. The first-order valence-electron chi connectivity index (χ1n) is 6.62. The number of carbonyl (C=O) groups excluding carboxylic acids is 1. The molecule has 3 aromatic rings. The number of rotatable bonds is 1. The van der Waals surface area contributed by atoms with Gasteiger partial charge < -0.3 is 5.32 Å². The zero-order valence-corrected chi connectivity index (χ0v) is 14.2. The Morgan fingerprint density at radius 2 is 2.32 bits per heavy atom. The molecule has 4 heterocycles. The lowest BCUT2D eigenvalue weighted by Gasteiger charge is -2.14. The fourth-order valence-electron chi connectivity index (χ4n) is 2.77. The van der Waals surface area contributed by atoms with Crippen molar-refractivity contribution >= 4 is 51.4 Å². The maximum absolute atomic E-state index is 12.0. The molecule has 1 aliphatic heterocycles. The second-order valence-electron chi connectivity index (χ2n) is 5.05. The van der Waals surface area contributed by atoms with Gasteiger partial charge in [-0.1, -0.05) is 11.6 Å². The molecule has 1 aliphatic rings. The Morgan fingerprint density at radius 3 is 3.14 bits per heavy atom. The molecule has 0 spiro atoms. The Bertz CT molecular complexity index is 896. The number of fused-ring (bicyclic) bond motifs is 2. The highest BCUT2D eigenvalue weighted by atomic mass is 35.5.